The first-order valence-corrected chi connectivity index (χ1v) is 10.3. The van der Waals surface area contributed by atoms with E-state index in [9.17, 15) is 9.59 Å². The highest BCUT2D eigenvalue weighted by atomic mass is 32.2. The van der Waals surface area contributed by atoms with Crippen molar-refractivity contribution in [1.82, 2.24) is 15.1 Å². The molecule has 0 bridgehead atoms. The summed E-state index contributed by atoms with van der Waals surface area (Å²) in [6, 6.07) is 0.388. The molecule has 5 nitrogen and oxygen atoms in total. The molecule has 0 aromatic heterocycles. The van der Waals surface area contributed by atoms with E-state index in [1.807, 2.05) is 21.6 Å². The van der Waals surface area contributed by atoms with Gasteiger partial charge in [-0.3, -0.25) is 4.79 Å². The SMILES string of the molecule is CS[C@@H]1CCC[C@@H](NC(=O)N2CCCN(C(=O)C3CC3)CC2)C1. The van der Waals surface area contributed by atoms with E-state index < -0.39 is 0 Å². The van der Waals surface area contributed by atoms with E-state index in [2.05, 4.69) is 11.6 Å². The average molecular weight is 340 g/mol. The Hall–Kier alpha value is -0.910. The van der Waals surface area contributed by atoms with Crippen molar-refractivity contribution in [2.75, 3.05) is 32.4 Å². The summed E-state index contributed by atoms with van der Waals surface area (Å²) in [4.78, 5) is 28.6. The minimum atomic E-state index is 0.0671. The van der Waals surface area contributed by atoms with Crippen molar-refractivity contribution in [3.8, 4) is 0 Å². The molecule has 130 valence electrons. The Morgan fingerprint density at radius 3 is 2.43 bits per heavy atom. The molecule has 0 aromatic rings. The van der Waals surface area contributed by atoms with Gasteiger partial charge in [0, 0.05) is 43.4 Å². The van der Waals surface area contributed by atoms with Crippen molar-refractivity contribution in [3.05, 3.63) is 0 Å². The third-order valence-corrected chi connectivity index (χ3v) is 6.40. The molecule has 0 aromatic carbocycles. The predicted molar refractivity (Wildman–Crippen MR) is 93.6 cm³/mol. The van der Waals surface area contributed by atoms with Crippen LogP contribution in [0.1, 0.15) is 44.9 Å². The first-order valence-electron chi connectivity index (χ1n) is 9.04. The minimum Gasteiger partial charge on any atom is -0.341 e. The fourth-order valence-corrected chi connectivity index (χ4v) is 4.51. The zero-order valence-electron chi connectivity index (χ0n) is 14.1. The molecule has 3 fully saturated rings. The molecule has 3 aliphatic rings. The maximum atomic E-state index is 12.5. The number of amides is 3. The lowest BCUT2D eigenvalue weighted by atomic mass is 9.95. The number of carbonyl (C=O) groups is 2. The highest BCUT2D eigenvalue weighted by Crippen LogP contribution is 2.31. The standard InChI is InChI=1S/C17H29N3O2S/c1-23-15-5-2-4-14(12-15)18-17(22)20-9-3-8-19(10-11-20)16(21)13-6-7-13/h13-15H,2-12H2,1H3,(H,18,22)/t14-,15-/m1/s1. The van der Waals surface area contributed by atoms with E-state index in [0.29, 0.717) is 30.3 Å². The van der Waals surface area contributed by atoms with Gasteiger partial charge < -0.3 is 15.1 Å². The Labute approximate surface area is 143 Å². The van der Waals surface area contributed by atoms with E-state index in [1.165, 1.54) is 12.8 Å². The number of hydrogen-bond donors (Lipinski definition) is 1. The van der Waals surface area contributed by atoms with Crippen molar-refractivity contribution in [3.63, 3.8) is 0 Å². The van der Waals surface area contributed by atoms with Crippen LogP contribution >= 0.6 is 11.8 Å². The summed E-state index contributed by atoms with van der Waals surface area (Å²) < 4.78 is 0. The minimum absolute atomic E-state index is 0.0671. The summed E-state index contributed by atoms with van der Waals surface area (Å²) in [5, 5.41) is 3.92. The van der Waals surface area contributed by atoms with Crippen molar-refractivity contribution in [1.29, 1.82) is 0 Å². The molecule has 3 amide bonds. The highest BCUT2D eigenvalue weighted by Gasteiger charge is 2.34. The van der Waals surface area contributed by atoms with Crippen LogP contribution in [0.5, 0.6) is 0 Å². The third kappa shape index (κ3) is 4.55. The lowest BCUT2D eigenvalue weighted by Crippen LogP contribution is -2.48. The topological polar surface area (TPSA) is 52.7 Å². The van der Waals surface area contributed by atoms with Crippen LogP contribution in [0.15, 0.2) is 0 Å². The van der Waals surface area contributed by atoms with Crippen molar-refractivity contribution >= 4 is 23.7 Å². The van der Waals surface area contributed by atoms with Crippen LogP contribution in [0.2, 0.25) is 0 Å². The van der Waals surface area contributed by atoms with Crippen LogP contribution in [-0.2, 0) is 4.79 Å². The number of urea groups is 1. The third-order valence-electron chi connectivity index (χ3n) is 5.31. The summed E-state index contributed by atoms with van der Waals surface area (Å²) >= 11 is 1.92. The zero-order valence-corrected chi connectivity index (χ0v) is 14.9. The smallest absolute Gasteiger partial charge is 0.317 e. The van der Waals surface area contributed by atoms with Gasteiger partial charge in [0.1, 0.15) is 0 Å². The van der Waals surface area contributed by atoms with Crippen LogP contribution < -0.4 is 5.32 Å². The maximum absolute atomic E-state index is 12.5. The molecule has 1 N–H and O–H groups in total. The van der Waals surface area contributed by atoms with Crippen molar-refractivity contribution in [2.45, 2.75) is 56.2 Å². The normalized spacial score (nSPS) is 29.1. The summed E-state index contributed by atoms with van der Waals surface area (Å²) in [6.07, 6.45) is 9.83. The molecule has 1 heterocycles. The number of nitrogens with one attached hydrogen (secondary N) is 1. The van der Waals surface area contributed by atoms with Gasteiger partial charge in [0.05, 0.1) is 0 Å². The Balaban J connectivity index is 1.46. The Kier molecular flexibility index (Phi) is 5.72. The van der Waals surface area contributed by atoms with Gasteiger partial charge in [0.25, 0.3) is 0 Å². The molecule has 6 heteroatoms. The molecule has 0 spiro atoms. The van der Waals surface area contributed by atoms with Gasteiger partial charge >= 0.3 is 6.03 Å². The highest BCUT2D eigenvalue weighted by molar-refractivity contribution is 7.99. The molecule has 0 radical (unpaired) electrons. The summed E-state index contributed by atoms with van der Waals surface area (Å²) in [5.41, 5.74) is 0. The van der Waals surface area contributed by atoms with Gasteiger partial charge in [0.15, 0.2) is 0 Å². The Morgan fingerprint density at radius 1 is 0.957 bits per heavy atom. The van der Waals surface area contributed by atoms with E-state index in [1.54, 1.807) is 0 Å². The number of hydrogen-bond acceptors (Lipinski definition) is 3. The second-order valence-corrected chi connectivity index (χ2v) is 8.25. The van der Waals surface area contributed by atoms with E-state index in [4.69, 9.17) is 0 Å². The predicted octanol–water partition coefficient (Wildman–Crippen LogP) is 2.31. The van der Waals surface area contributed by atoms with Crippen LogP contribution in [0, 0.1) is 5.92 Å². The monoisotopic (exact) mass is 339 g/mol. The second-order valence-electron chi connectivity index (χ2n) is 7.11. The first-order chi connectivity index (χ1) is 11.2. The van der Waals surface area contributed by atoms with Crippen LogP contribution in [0.4, 0.5) is 4.79 Å². The van der Waals surface area contributed by atoms with E-state index in [-0.39, 0.29) is 11.9 Å². The molecule has 1 saturated heterocycles. The van der Waals surface area contributed by atoms with E-state index in [0.717, 1.165) is 45.2 Å². The van der Waals surface area contributed by atoms with Crippen LogP contribution in [-0.4, -0.2) is 65.5 Å². The second kappa shape index (κ2) is 7.77. The molecule has 2 atom stereocenters. The molecule has 23 heavy (non-hydrogen) atoms. The molecule has 2 saturated carbocycles. The zero-order chi connectivity index (χ0) is 16.2. The molecule has 2 aliphatic carbocycles. The Bertz CT molecular complexity index is 442. The quantitative estimate of drug-likeness (QED) is 0.858. The van der Waals surface area contributed by atoms with Gasteiger partial charge in [-0.1, -0.05) is 6.42 Å². The lowest BCUT2D eigenvalue weighted by molar-refractivity contribution is -0.132. The fraction of sp³-hybridized carbons (Fsp3) is 0.882. The average Bonchev–Trinajstić information content (AvgIpc) is 3.40. The largest absolute Gasteiger partial charge is 0.341 e. The summed E-state index contributed by atoms with van der Waals surface area (Å²) in [5.74, 6) is 0.587. The van der Waals surface area contributed by atoms with Gasteiger partial charge in [-0.25, -0.2) is 4.79 Å². The van der Waals surface area contributed by atoms with Crippen LogP contribution in [0.25, 0.3) is 0 Å². The molecule has 3 rings (SSSR count). The number of nitrogens with zero attached hydrogens (tertiary/aromatic N) is 2. The molecule has 1 aliphatic heterocycles. The fourth-order valence-electron chi connectivity index (χ4n) is 3.69. The van der Waals surface area contributed by atoms with Gasteiger partial charge in [-0.2, -0.15) is 11.8 Å². The first kappa shape index (κ1) is 16.9. The number of carbonyl (C=O) groups excluding carboxylic acids is 2. The molecular weight excluding hydrogens is 310 g/mol. The van der Waals surface area contributed by atoms with Gasteiger partial charge in [-0.15, -0.1) is 0 Å². The number of thioether (sulfide) groups is 1. The van der Waals surface area contributed by atoms with Crippen molar-refractivity contribution in [2.24, 2.45) is 5.92 Å². The summed E-state index contributed by atoms with van der Waals surface area (Å²) in [7, 11) is 0. The maximum Gasteiger partial charge on any atom is 0.317 e. The van der Waals surface area contributed by atoms with E-state index >= 15 is 0 Å². The lowest BCUT2D eigenvalue weighted by Gasteiger charge is -2.31. The van der Waals surface area contributed by atoms with Gasteiger partial charge in [-0.05, 0) is 44.8 Å². The van der Waals surface area contributed by atoms with Crippen molar-refractivity contribution < 1.29 is 9.59 Å². The van der Waals surface area contributed by atoms with Crippen LogP contribution in [0.3, 0.4) is 0 Å². The Morgan fingerprint density at radius 2 is 1.70 bits per heavy atom. The summed E-state index contributed by atoms with van der Waals surface area (Å²) in [6.45, 7) is 2.93. The molecule has 0 unspecified atom stereocenters. The number of rotatable bonds is 3. The molecular formula is C17H29N3O2S. The van der Waals surface area contributed by atoms with Gasteiger partial charge in [0.2, 0.25) is 5.91 Å².